The van der Waals surface area contributed by atoms with E-state index in [1.165, 1.54) is 11.1 Å². The van der Waals surface area contributed by atoms with Crippen LogP contribution in [0.4, 0.5) is 14.5 Å². The molecule has 0 unspecified atom stereocenters. The summed E-state index contributed by atoms with van der Waals surface area (Å²) in [7, 11) is -4.28. The van der Waals surface area contributed by atoms with E-state index in [0.717, 1.165) is 12.8 Å². The van der Waals surface area contributed by atoms with Crippen molar-refractivity contribution in [3.63, 3.8) is 0 Å². The molecule has 3 aromatic rings. The highest BCUT2D eigenvalue weighted by Gasteiger charge is 2.42. The summed E-state index contributed by atoms with van der Waals surface area (Å²) < 4.78 is 73.2. The van der Waals surface area contributed by atoms with E-state index in [4.69, 9.17) is 2.74 Å². The lowest BCUT2D eigenvalue weighted by molar-refractivity contribution is -0.140. The normalized spacial score (nSPS) is 22.6. The Bertz CT molecular complexity index is 1570. The van der Waals surface area contributed by atoms with Gasteiger partial charge >= 0.3 is 0 Å². The molecule has 15 heteroatoms. The number of piperazine rings is 1. The van der Waals surface area contributed by atoms with E-state index in [-0.39, 0.29) is 47.8 Å². The van der Waals surface area contributed by atoms with Crippen LogP contribution in [0.3, 0.4) is 0 Å². The highest BCUT2D eigenvalue weighted by Crippen LogP contribution is 2.38. The smallest absolute Gasteiger partial charge is 0.291 e. The Hall–Kier alpha value is -2.75. The topological polar surface area (TPSA) is 116 Å². The van der Waals surface area contributed by atoms with Crippen LogP contribution in [0.1, 0.15) is 54.7 Å². The molecule has 40 heavy (non-hydrogen) atoms. The molecule has 1 N–H and O–H groups in total. The van der Waals surface area contributed by atoms with Crippen LogP contribution in [-0.4, -0.2) is 94.5 Å². The predicted molar refractivity (Wildman–Crippen MR) is 148 cm³/mol. The van der Waals surface area contributed by atoms with Gasteiger partial charge in [-0.25, -0.2) is 26.9 Å². The van der Waals surface area contributed by atoms with Crippen molar-refractivity contribution in [2.45, 2.75) is 75.5 Å². The number of pyridine rings is 1. The summed E-state index contributed by atoms with van der Waals surface area (Å²) in [4.78, 5) is 23.0. The van der Waals surface area contributed by atoms with E-state index in [0.29, 0.717) is 35.6 Å². The molecule has 1 aliphatic carbocycles. The Morgan fingerprint density at radius 2 is 1.93 bits per heavy atom. The third-order valence-electron chi connectivity index (χ3n) is 7.52. The van der Waals surface area contributed by atoms with Gasteiger partial charge in [-0.15, -0.1) is 10.2 Å². The Morgan fingerprint density at radius 1 is 1.25 bits per heavy atom. The Balaban J connectivity index is 1.55. The quantitative estimate of drug-likeness (QED) is 0.421. The first kappa shape index (κ1) is 26.2. The van der Waals surface area contributed by atoms with Crippen LogP contribution in [0.15, 0.2) is 23.4 Å². The van der Waals surface area contributed by atoms with Gasteiger partial charge in [-0.3, -0.25) is 14.1 Å². The Labute approximate surface area is 239 Å². The molecule has 11 nitrogen and oxygen atoms in total. The van der Waals surface area contributed by atoms with Crippen molar-refractivity contribution in [1.82, 2.24) is 34.1 Å². The number of hydrogen-bond donors (Lipinski definition) is 1. The van der Waals surface area contributed by atoms with Crippen LogP contribution in [0.2, 0.25) is 0 Å². The fourth-order valence-corrected chi connectivity index (χ4v) is 7.20. The summed E-state index contributed by atoms with van der Waals surface area (Å²) in [6, 6.07) is 0.407. The number of alkyl halides is 2. The molecular formula is C25H34F2N8O3S2. The number of sulfonamides is 1. The molecule has 0 spiro atoms. The van der Waals surface area contributed by atoms with Gasteiger partial charge in [0, 0.05) is 39.7 Å². The van der Waals surface area contributed by atoms with Crippen LogP contribution in [0.5, 0.6) is 0 Å². The molecule has 1 saturated carbocycles. The van der Waals surface area contributed by atoms with E-state index >= 15 is 0 Å². The van der Waals surface area contributed by atoms with E-state index in [1.54, 1.807) is 28.5 Å². The zero-order valence-corrected chi connectivity index (χ0v) is 24.3. The van der Waals surface area contributed by atoms with Gasteiger partial charge in [0.2, 0.25) is 15.9 Å². The Kier molecular flexibility index (Phi) is 6.71. The second kappa shape index (κ2) is 10.3. The van der Waals surface area contributed by atoms with Gasteiger partial charge in [0.25, 0.3) is 6.43 Å². The van der Waals surface area contributed by atoms with E-state index < -0.39 is 33.0 Å². The summed E-state index contributed by atoms with van der Waals surface area (Å²) in [5.74, 6) is 0.0233. The van der Waals surface area contributed by atoms with Gasteiger partial charge in [-0.1, -0.05) is 11.3 Å². The number of fused-ring (bicyclic) bond motifs is 1. The molecular weight excluding hydrogens is 562 g/mol. The van der Waals surface area contributed by atoms with Crippen LogP contribution >= 0.6 is 11.3 Å². The SMILES string of the molecule is [2H]CN(C[2H])[C@@H](C)C(=O)N1[C@@H](C)CN(c2cc(S(=O)(=O)NC3(C)CC3)cn3c(-c4nnc(C(F)F)s4)ncc23)C[C@@H]1C. The third kappa shape index (κ3) is 5.31. The Morgan fingerprint density at radius 3 is 2.50 bits per heavy atom. The highest BCUT2D eigenvalue weighted by atomic mass is 32.2. The summed E-state index contributed by atoms with van der Waals surface area (Å²) in [5, 5.41) is 7.12. The van der Waals surface area contributed by atoms with Crippen LogP contribution in [0, 0.1) is 0 Å². The maximum absolute atomic E-state index is 13.5. The van der Waals surface area contributed by atoms with E-state index in [9.17, 15) is 22.0 Å². The average molecular weight is 599 g/mol. The van der Waals surface area contributed by atoms with Crippen molar-refractivity contribution in [3.8, 4) is 10.8 Å². The fourth-order valence-electron chi connectivity index (χ4n) is 5.02. The number of aromatic nitrogens is 4. The van der Waals surface area contributed by atoms with Crippen molar-refractivity contribution in [2.75, 3.05) is 32.0 Å². The molecule has 1 amide bonds. The number of amides is 1. The van der Waals surface area contributed by atoms with E-state index in [2.05, 4.69) is 19.9 Å². The zero-order valence-electron chi connectivity index (χ0n) is 24.7. The third-order valence-corrected chi connectivity index (χ3v) is 10.1. The van der Waals surface area contributed by atoms with Crippen LogP contribution in [0.25, 0.3) is 16.3 Å². The molecule has 3 atom stereocenters. The number of rotatable bonds is 8. The van der Waals surface area contributed by atoms with Crippen molar-refractivity contribution in [1.29, 1.82) is 0 Å². The largest absolute Gasteiger partial charge is 0.366 e. The number of likely N-dealkylation sites (N-methyl/N-ethyl adjacent to an activating group) is 1. The number of halogens is 2. The average Bonchev–Trinajstić information content (AvgIpc) is 3.30. The van der Waals surface area contributed by atoms with Gasteiger partial charge in [0.15, 0.2) is 15.8 Å². The predicted octanol–water partition coefficient (Wildman–Crippen LogP) is 3.00. The minimum atomic E-state index is -3.95. The number of anilines is 1. The second-order valence-corrected chi connectivity index (χ2v) is 13.6. The standard InChI is InChI=1S/C25H34F2N8O3S2/c1-14-11-33(12-15(2)35(14)24(36)16(3)32(5)6)18-9-17(40(37,38)31-25(4)7-8-25)13-34-19(18)10-28-21(34)23-30-29-22(39-23)20(26)27/h9-10,13-16,20,31H,7-8,11-12H2,1-6H3/t14-,15-,16-/m0/s1/i5D,6D. The number of imidazole rings is 1. The first-order valence-electron chi connectivity index (χ1n) is 14.3. The highest BCUT2D eigenvalue weighted by molar-refractivity contribution is 7.89. The van der Waals surface area contributed by atoms with Gasteiger partial charge < -0.3 is 9.80 Å². The zero-order chi connectivity index (χ0) is 30.6. The van der Waals surface area contributed by atoms with Crippen molar-refractivity contribution in [3.05, 3.63) is 23.5 Å². The fraction of sp³-hybridized carbons (Fsp3) is 0.600. The first-order chi connectivity index (χ1) is 19.8. The minimum absolute atomic E-state index is 0.00931. The lowest BCUT2D eigenvalue weighted by atomic mass is 10.0. The van der Waals surface area contributed by atoms with E-state index in [1.807, 2.05) is 25.7 Å². The number of nitrogens with one attached hydrogen (secondary N) is 1. The number of carbonyl (C=O) groups excluding carboxylic acids is 1. The molecule has 0 aromatic carbocycles. The number of hydrogen-bond acceptors (Lipinski definition) is 9. The molecule has 2 fully saturated rings. The maximum atomic E-state index is 13.5. The molecule has 3 aromatic heterocycles. The van der Waals surface area contributed by atoms with Gasteiger partial charge in [0.05, 0.1) is 23.4 Å². The summed E-state index contributed by atoms with van der Waals surface area (Å²) in [6.07, 6.45) is 1.62. The lowest BCUT2D eigenvalue weighted by Gasteiger charge is -2.46. The summed E-state index contributed by atoms with van der Waals surface area (Å²) in [5.41, 5.74) is 0.598. The molecule has 5 rings (SSSR count). The molecule has 1 aliphatic heterocycles. The molecule has 4 heterocycles. The molecule has 2 aliphatic rings. The summed E-state index contributed by atoms with van der Waals surface area (Å²) in [6.45, 7) is 8.10. The maximum Gasteiger partial charge on any atom is 0.291 e. The molecule has 0 bridgehead atoms. The van der Waals surface area contributed by atoms with Crippen molar-refractivity contribution < 1.29 is 24.7 Å². The molecule has 1 saturated heterocycles. The number of carbonyl (C=O) groups is 1. The van der Waals surface area contributed by atoms with Crippen molar-refractivity contribution >= 4 is 38.5 Å². The van der Waals surface area contributed by atoms with Gasteiger partial charge in [0.1, 0.15) is 4.90 Å². The summed E-state index contributed by atoms with van der Waals surface area (Å²) >= 11 is 0.692. The lowest BCUT2D eigenvalue weighted by Crippen LogP contribution is -2.61. The van der Waals surface area contributed by atoms with Gasteiger partial charge in [-0.05, 0) is 60.7 Å². The van der Waals surface area contributed by atoms with Gasteiger partial charge in [-0.2, -0.15) is 0 Å². The first-order valence-corrected chi connectivity index (χ1v) is 15.1. The van der Waals surface area contributed by atoms with Crippen LogP contribution < -0.4 is 9.62 Å². The van der Waals surface area contributed by atoms with Crippen LogP contribution in [-0.2, 0) is 14.8 Å². The number of nitrogens with zero attached hydrogens (tertiary/aromatic N) is 7. The van der Waals surface area contributed by atoms with Crippen molar-refractivity contribution in [2.24, 2.45) is 0 Å². The molecule has 0 radical (unpaired) electrons. The monoisotopic (exact) mass is 598 g/mol. The second-order valence-electron chi connectivity index (χ2n) is 10.9. The minimum Gasteiger partial charge on any atom is -0.366 e. The molecule has 218 valence electrons.